The number of halogens is 1. The Morgan fingerprint density at radius 3 is 2.39 bits per heavy atom. The Hall–Kier alpha value is -4.50. The molecule has 0 fully saturated rings. The first kappa shape index (κ1) is 23.3. The van der Waals surface area contributed by atoms with Gasteiger partial charge in [-0.3, -0.25) is 19.8 Å². The van der Waals surface area contributed by atoms with Gasteiger partial charge in [0.2, 0.25) is 6.79 Å². The molecule has 0 unspecified atom stereocenters. The molecule has 5 rings (SSSR count). The van der Waals surface area contributed by atoms with E-state index in [-0.39, 0.29) is 12.5 Å². The van der Waals surface area contributed by atoms with Crippen molar-refractivity contribution in [2.24, 2.45) is 0 Å². The number of amides is 3. The summed E-state index contributed by atoms with van der Waals surface area (Å²) >= 11 is 6.12. The Morgan fingerprint density at radius 2 is 1.61 bits per heavy atom. The second-order valence-corrected chi connectivity index (χ2v) is 8.47. The summed E-state index contributed by atoms with van der Waals surface area (Å²) in [6.45, 7) is 2.13. The lowest BCUT2D eigenvalue weighted by atomic mass is 10.1. The number of carbonyl (C=O) groups is 3. The van der Waals surface area contributed by atoms with Crippen molar-refractivity contribution in [1.29, 1.82) is 0 Å². The molecular weight excluding hydrogens is 484 g/mol. The lowest BCUT2D eigenvalue weighted by molar-refractivity contribution is -0.133. The zero-order valence-electron chi connectivity index (χ0n) is 19.1. The summed E-state index contributed by atoms with van der Waals surface area (Å²) in [5, 5.41) is 6.42. The van der Waals surface area contributed by atoms with Crippen molar-refractivity contribution in [2.75, 3.05) is 22.9 Å². The number of nitrogens with one attached hydrogen (secondary N) is 3. The minimum absolute atomic E-state index is 0.0888. The Kier molecular flexibility index (Phi) is 6.22. The van der Waals surface area contributed by atoms with Crippen LogP contribution in [0.5, 0.6) is 11.5 Å². The van der Waals surface area contributed by atoms with E-state index in [2.05, 4.69) is 16.1 Å². The normalized spacial score (nSPS) is 11.8. The summed E-state index contributed by atoms with van der Waals surface area (Å²) in [5.41, 5.74) is 5.22. The van der Waals surface area contributed by atoms with Gasteiger partial charge < -0.3 is 20.1 Å². The highest BCUT2D eigenvalue weighted by atomic mass is 35.5. The smallest absolute Gasteiger partial charge is 0.328 e. The quantitative estimate of drug-likeness (QED) is 0.345. The zero-order chi connectivity index (χ0) is 25.2. The van der Waals surface area contributed by atoms with Gasteiger partial charge in [-0.1, -0.05) is 30.7 Å². The number of hydrogen-bond acceptors (Lipinski definition) is 5. The van der Waals surface area contributed by atoms with Crippen LogP contribution in [0.25, 0.3) is 10.9 Å². The molecule has 0 bridgehead atoms. The predicted molar refractivity (Wildman–Crippen MR) is 136 cm³/mol. The van der Waals surface area contributed by atoms with Gasteiger partial charge in [0.1, 0.15) is 5.69 Å². The van der Waals surface area contributed by atoms with Crippen LogP contribution in [0.4, 0.5) is 11.4 Å². The highest BCUT2D eigenvalue weighted by molar-refractivity contribution is 6.42. The van der Waals surface area contributed by atoms with Crippen LogP contribution in [-0.2, 0) is 16.0 Å². The van der Waals surface area contributed by atoms with Crippen molar-refractivity contribution in [3.63, 3.8) is 0 Å². The van der Waals surface area contributed by atoms with Crippen molar-refractivity contribution in [1.82, 2.24) is 4.68 Å². The first-order chi connectivity index (χ1) is 17.4. The number of rotatable bonds is 5. The van der Waals surface area contributed by atoms with Gasteiger partial charge >= 0.3 is 11.8 Å². The fourth-order valence-electron chi connectivity index (χ4n) is 3.81. The van der Waals surface area contributed by atoms with Gasteiger partial charge in [0.05, 0.1) is 5.52 Å². The van der Waals surface area contributed by atoms with Gasteiger partial charge in [-0.05, 0) is 60.5 Å². The summed E-state index contributed by atoms with van der Waals surface area (Å²) in [7, 11) is 0. The predicted octanol–water partition coefficient (Wildman–Crippen LogP) is 4.55. The summed E-state index contributed by atoms with van der Waals surface area (Å²) in [4.78, 5) is 38.6. The fraction of sp³-hybridized carbons (Fsp3) is 0.115. The number of benzene rings is 3. The number of ether oxygens (including phenoxy) is 2. The maximum Gasteiger partial charge on any atom is 0.328 e. The third kappa shape index (κ3) is 4.69. The van der Waals surface area contributed by atoms with E-state index in [4.69, 9.17) is 21.1 Å². The molecule has 3 amide bonds. The van der Waals surface area contributed by atoms with Crippen LogP contribution in [0.2, 0.25) is 5.02 Å². The summed E-state index contributed by atoms with van der Waals surface area (Å²) in [6.07, 6.45) is 0.879. The van der Waals surface area contributed by atoms with E-state index >= 15 is 0 Å². The Balaban J connectivity index is 1.39. The molecule has 10 heteroatoms. The fourth-order valence-corrected chi connectivity index (χ4v) is 3.99. The van der Waals surface area contributed by atoms with Crippen molar-refractivity contribution < 1.29 is 23.9 Å². The Bertz CT molecular complexity index is 1500. The van der Waals surface area contributed by atoms with Crippen LogP contribution >= 0.6 is 11.6 Å². The number of aryl methyl sites for hydroxylation is 1. The third-order valence-electron chi connectivity index (χ3n) is 5.67. The lowest BCUT2D eigenvalue weighted by Crippen LogP contribution is -2.36. The second-order valence-electron chi connectivity index (χ2n) is 8.04. The average molecular weight is 505 g/mol. The maximum absolute atomic E-state index is 13.2. The van der Waals surface area contributed by atoms with Crippen LogP contribution < -0.4 is 25.5 Å². The molecule has 4 aromatic rings. The van der Waals surface area contributed by atoms with Crippen LogP contribution in [0.1, 0.15) is 23.0 Å². The van der Waals surface area contributed by atoms with Crippen LogP contribution in [0.15, 0.2) is 66.7 Å². The molecule has 3 N–H and O–H groups in total. The van der Waals surface area contributed by atoms with Gasteiger partial charge in [-0.25, -0.2) is 4.68 Å². The Morgan fingerprint density at radius 1 is 0.861 bits per heavy atom. The number of carbonyl (C=O) groups excluding carboxylic acids is 3. The summed E-state index contributed by atoms with van der Waals surface area (Å²) in [5.74, 6) is -1.35. The van der Waals surface area contributed by atoms with E-state index in [1.807, 2.05) is 19.1 Å². The molecule has 36 heavy (non-hydrogen) atoms. The van der Waals surface area contributed by atoms with E-state index in [1.54, 1.807) is 54.6 Å². The van der Waals surface area contributed by atoms with E-state index < -0.39 is 17.7 Å². The molecule has 0 saturated heterocycles. The molecule has 0 radical (unpaired) electrons. The van der Waals surface area contributed by atoms with Crippen molar-refractivity contribution in [3.05, 3.63) is 83.0 Å². The number of nitrogens with zero attached hydrogens (tertiary/aromatic N) is 1. The molecule has 1 aliphatic rings. The SMILES string of the molecule is CCc1ccc(NC(=O)c2cc3cc(Cl)ccc3n2NC(=O)C(=O)Nc2ccc3c(c2)OCO3)cc1. The number of anilines is 2. The van der Waals surface area contributed by atoms with Crippen LogP contribution in [0, 0.1) is 0 Å². The summed E-state index contributed by atoms with van der Waals surface area (Å²) < 4.78 is 11.8. The topological polar surface area (TPSA) is 111 Å². The summed E-state index contributed by atoms with van der Waals surface area (Å²) in [6, 6.07) is 18.8. The minimum Gasteiger partial charge on any atom is -0.454 e. The first-order valence-electron chi connectivity index (χ1n) is 11.1. The molecule has 0 spiro atoms. The zero-order valence-corrected chi connectivity index (χ0v) is 19.9. The molecule has 1 aromatic heterocycles. The van der Waals surface area contributed by atoms with Gasteiger partial charge in [-0.15, -0.1) is 0 Å². The van der Waals surface area contributed by atoms with E-state index in [0.29, 0.717) is 38.8 Å². The van der Waals surface area contributed by atoms with Gasteiger partial charge in [0.15, 0.2) is 11.5 Å². The van der Waals surface area contributed by atoms with Crippen molar-refractivity contribution in [3.8, 4) is 11.5 Å². The number of aromatic nitrogens is 1. The molecule has 2 heterocycles. The van der Waals surface area contributed by atoms with E-state index in [1.165, 1.54) is 4.68 Å². The molecule has 182 valence electrons. The number of fused-ring (bicyclic) bond motifs is 2. The monoisotopic (exact) mass is 504 g/mol. The molecule has 0 aliphatic carbocycles. The molecular formula is C26H21ClN4O5. The second kappa shape index (κ2) is 9.63. The lowest BCUT2D eigenvalue weighted by Gasteiger charge is -2.13. The number of hydrogen-bond donors (Lipinski definition) is 3. The molecule has 0 saturated carbocycles. The molecule has 3 aromatic carbocycles. The van der Waals surface area contributed by atoms with Crippen LogP contribution in [-0.4, -0.2) is 29.2 Å². The maximum atomic E-state index is 13.2. The van der Waals surface area contributed by atoms with Crippen LogP contribution in [0.3, 0.4) is 0 Å². The van der Waals surface area contributed by atoms with E-state index in [0.717, 1.165) is 12.0 Å². The van der Waals surface area contributed by atoms with E-state index in [9.17, 15) is 14.4 Å². The standard InChI is InChI=1S/C26H21ClN4O5/c1-2-15-3-6-18(7-4-15)28-24(32)21-12-16-11-17(27)5-9-20(16)31(21)30-26(34)25(33)29-19-8-10-22-23(13-19)36-14-35-22/h3-13H,2,14H2,1H3,(H,28,32)(H,29,33)(H,30,34). The third-order valence-corrected chi connectivity index (χ3v) is 5.90. The molecule has 9 nitrogen and oxygen atoms in total. The Labute approximate surface area is 210 Å². The molecule has 1 aliphatic heterocycles. The highest BCUT2D eigenvalue weighted by Crippen LogP contribution is 2.34. The molecule has 0 atom stereocenters. The highest BCUT2D eigenvalue weighted by Gasteiger charge is 2.22. The van der Waals surface area contributed by atoms with Gasteiger partial charge in [0.25, 0.3) is 5.91 Å². The minimum atomic E-state index is -0.971. The van der Waals surface area contributed by atoms with Crippen molar-refractivity contribution in [2.45, 2.75) is 13.3 Å². The average Bonchev–Trinajstić information content (AvgIpc) is 3.48. The first-order valence-corrected chi connectivity index (χ1v) is 11.5. The van der Waals surface area contributed by atoms with Crippen molar-refractivity contribution >= 4 is 51.6 Å². The van der Waals surface area contributed by atoms with Gasteiger partial charge in [-0.2, -0.15) is 0 Å². The largest absolute Gasteiger partial charge is 0.454 e. The van der Waals surface area contributed by atoms with Gasteiger partial charge in [0, 0.05) is 27.8 Å².